The van der Waals surface area contributed by atoms with E-state index in [-0.39, 0.29) is 0 Å². The topological polar surface area (TPSA) is 9.23 Å². The van der Waals surface area contributed by atoms with Gasteiger partial charge in [-0.3, -0.25) is 0 Å². The van der Waals surface area contributed by atoms with Gasteiger partial charge in [0.2, 0.25) is 0 Å². The van der Waals surface area contributed by atoms with Crippen LogP contribution >= 0.6 is 0 Å². The molecular weight excluding hydrogens is 160 g/mol. The minimum atomic E-state index is 0.444. The van der Waals surface area contributed by atoms with Gasteiger partial charge >= 0.3 is 0 Å². The van der Waals surface area contributed by atoms with Gasteiger partial charge in [0, 0.05) is 6.61 Å². The third-order valence-corrected chi connectivity index (χ3v) is 2.78. The van der Waals surface area contributed by atoms with Gasteiger partial charge in [-0.25, -0.2) is 0 Å². The summed E-state index contributed by atoms with van der Waals surface area (Å²) in [7, 11) is 0. The molecule has 1 heteroatoms. The Kier molecular flexibility index (Phi) is 8.53. The molecule has 0 fully saturated rings. The third-order valence-electron chi connectivity index (χ3n) is 2.78. The number of hydrogen-bond acceptors (Lipinski definition) is 1. The molecule has 0 spiro atoms. The first-order chi connectivity index (χ1) is 6.24. The van der Waals surface area contributed by atoms with Crippen molar-refractivity contribution in [3.63, 3.8) is 0 Å². The summed E-state index contributed by atoms with van der Waals surface area (Å²) >= 11 is 0. The molecule has 0 saturated carbocycles. The fourth-order valence-corrected chi connectivity index (χ4v) is 1.51. The van der Waals surface area contributed by atoms with E-state index < -0.39 is 0 Å². The highest BCUT2D eigenvalue weighted by atomic mass is 16.5. The summed E-state index contributed by atoms with van der Waals surface area (Å²) < 4.78 is 5.67. The van der Waals surface area contributed by atoms with Crippen molar-refractivity contribution < 1.29 is 4.74 Å². The Hall–Kier alpha value is -0.0400. The normalized spacial score (nSPS) is 15.7. The average molecular weight is 186 g/mol. The van der Waals surface area contributed by atoms with E-state index in [4.69, 9.17) is 4.74 Å². The first kappa shape index (κ1) is 13.0. The lowest BCUT2D eigenvalue weighted by atomic mass is 9.98. The molecule has 2 atom stereocenters. The van der Waals surface area contributed by atoms with Crippen LogP contribution in [0, 0.1) is 5.92 Å². The minimum absolute atomic E-state index is 0.444. The number of ether oxygens (including phenoxy) is 1. The molecule has 2 unspecified atom stereocenters. The van der Waals surface area contributed by atoms with Crippen molar-refractivity contribution in [1.29, 1.82) is 0 Å². The molecule has 0 heterocycles. The van der Waals surface area contributed by atoms with Crippen LogP contribution in [0.25, 0.3) is 0 Å². The van der Waals surface area contributed by atoms with Gasteiger partial charge in [0.25, 0.3) is 0 Å². The van der Waals surface area contributed by atoms with Crippen LogP contribution in [0.1, 0.15) is 59.8 Å². The van der Waals surface area contributed by atoms with Crippen molar-refractivity contribution in [3.8, 4) is 0 Å². The van der Waals surface area contributed by atoms with Crippen LogP contribution in [0.2, 0.25) is 0 Å². The van der Waals surface area contributed by atoms with E-state index >= 15 is 0 Å². The summed E-state index contributed by atoms with van der Waals surface area (Å²) in [5.74, 6) is 0.883. The van der Waals surface area contributed by atoms with Gasteiger partial charge in [-0.2, -0.15) is 0 Å². The summed E-state index contributed by atoms with van der Waals surface area (Å²) in [6.07, 6.45) is 6.79. The zero-order chi connectivity index (χ0) is 10.1. The molecule has 1 nitrogen and oxygen atoms in total. The molecule has 0 rings (SSSR count). The van der Waals surface area contributed by atoms with Crippen molar-refractivity contribution in [1.82, 2.24) is 0 Å². The molecule has 0 aliphatic heterocycles. The highest BCUT2D eigenvalue weighted by molar-refractivity contribution is 4.56. The zero-order valence-electron chi connectivity index (χ0n) is 9.81. The van der Waals surface area contributed by atoms with Crippen molar-refractivity contribution in [3.05, 3.63) is 0 Å². The molecule has 0 aromatic heterocycles. The number of rotatable bonds is 8. The van der Waals surface area contributed by atoms with Crippen LogP contribution in [-0.2, 0) is 4.74 Å². The standard InChI is InChI=1S/C12H26O/c1-5-8-12(7-3)9-10-13-11(4)6-2/h11-12H,5-10H2,1-4H3. The second-order valence-corrected chi connectivity index (χ2v) is 3.94. The molecule has 0 bridgehead atoms. The maximum atomic E-state index is 5.67. The molecule has 0 N–H and O–H groups in total. The molecule has 0 aliphatic carbocycles. The van der Waals surface area contributed by atoms with E-state index in [1.54, 1.807) is 0 Å². The van der Waals surface area contributed by atoms with Crippen LogP contribution in [-0.4, -0.2) is 12.7 Å². The minimum Gasteiger partial charge on any atom is -0.379 e. The van der Waals surface area contributed by atoms with Crippen molar-refractivity contribution >= 4 is 0 Å². The predicted molar refractivity (Wildman–Crippen MR) is 59.0 cm³/mol. The number of hydrogen-bond donors (Lipinski definition) is 0. The predicted octanol–water partition coefficient (Wildman–Crippen LogP) is 4.02. The summed E-state index contributed by atoms with van der Waals surface area (Å²) in [5, 5.41) is 0. The Balaban J connectivity index is 3.37. The Labute approximate surface area is 83.9 Å². The average Bonchev–Trinajstić information content (AvgIpc) is 2.16. The Morgan fingerprint density at radius 3 is 2.15 bits per heavy atom. The van der Waals surface area contributed by atoms with Crippen molar-refractivity contribution in [2.75, 3.05) is 6.61 Å². The monoisotopic (exact) mass is 186 g/mol. The summed E-state index contributed by atoms with van der Waals surface area (Å²) in [4.78, 5) is 0. The maximum Gasteiger partial charge on any atom is 0.0544 e. The van der Waals surface area contributed by atoms with Gasteiger partial charge < -0.3 is 4.74 Å². The van der Waals surface area contributed by atoms with Crippen molar-refractivity contribution in [2.45, 2.75) is 65.9 Å². The molecule has 13 heavy (non-hydrogen) atoms. The lowest BCUT2D eigenvalue weighted by Gasteiger charge is -2.15. The Morgan fingerprint density at radius 1 is 1.00 bits per heavy atom. The van der Waals surface area contributed by atoms with Gasteiger partial charge in [0.15, 0.2) is 0 Å². The summed E-state index contributed by atoms with van der Waals surface area (Å²) in [6.45, 7) is 9.82. The smallest absolute Gasteiger partial charge is 0.0544 e. The fourth-order valence-electron chi connectivity index (χ4n) is 1.51. The first-order valence-corrected chi connectivity index (χ1v) is 5.86. The van der Waals surface area contributed by atoms with Gasteiger partial charge in [-0.15, -0.1) is 0 Å². The third kappa shape index (κ3) is 7.06. The molecule has 0 aromatic rings. The highest BCUT2D eigenvalue weighted by Crippen LogP contribution is 2.15. The van der Waals surface area contributed by atoms with E-state index in [2.05, 4.69) is 27.7 Å². The lowest BCUT2D eigenvalue weighted by Crippen LogP contribution is -2.10. The van der Waals surface area contributed by atoms with E-state index in [1.165, 1.54) is 25.7 Å². The molecule has 0 amide bonds. The molecule has 0 radical (unpaired) electrons. The Morgan fingerprint density at radius 2 is 1.69 bits per heavy atom. The Bertz CT molecular complexity index is 101. The van der Waals surface area contributed by atoms with E-state index in [0.717, 1.165) is 18.9 Å². The molecule has 0 aliphatic rings. The quantitative estimate of drug-likeness (QED) is 0.556. The van der Waals surface area contributed by atoms with Crippen LogP contribution in [0.5, 0.6) is 0 Å². The highest BCUT2D eigenvalue weighted by Gasteiger charge is 2.05. The van der Waals surface area contributed by atoms with Crippen molar-refractivity contribution in [2.24, 2.45) is 5.92 Å². The van der Waals surface area contributed by atoms with Crippen LogP contribution in [0.4, 0.5) is 0 Å². The summed E-state index contributed by atoms with van der Waals surface area (Å²) in [6, 6.07) is 0. The first-order valence-electron chi connectivity index (χ1n) is 5.86. The van der Waals surface area contributed by atoms with Crippen LogP contribution in [0.3, 0.4) is 0 Å². The fraction of sp³-hybridized carbons (Fsp3) is 1.00. The lowest BCUT2D eigenvalue weighted by molar-refractivity contribution is 0.0532. The second-order valence-electron chi connectivity index (χ2n) is 3.94. The van der Waals surface area contributed by atoms with Gasteiger partial charge in [0.1, 0.15) is 0 Å². The van der Waals surface area contributed by atoms with E-state index in [9.17, 15) is 0 Å². The van der Waals surface area contributed by atoms with Gasteiger partial charge in [0.05, 0.1) is 6.10 Å². The second kappa shape index (κ2) is 8.55. The largest absolute Gasteiger partial charge is 0.379 e. The van der Waals surface area contributed by atoms with E-state index in [0.29, 0.717) is 6.10 Å². The van der Waals surface area contributed by atoms with Crippen LogP contribution < -0.4 is 0 Å². The SMILES string of the molecule is CCCC(CC)CCOC(C)CC. The molecule has 0 saturated heterocycles. The van der Waals surface area contributed by atoms with E-state index in [1.807, 2.05) is 0 Å². The maximum absolute atomic E-state index is 5.67. The summed E-state index contributed by atoms with van der Waals surface area (Å²) in [5.41, 5.74) is 0. The molecule has 80 valence electrons. The molecular formula is C12H26O. The van der Waals surface area contributed by atoms with Crippen LogP contribution in [0.15, 0.2) is 0 Å². The van der Waals surface area contributed by atoms with Gasteiger partial charge in [-0.1, -0.05) is 40.0 Å². The molecule has 0 aromatic carbocycles. The zero-order valence-corrected chi connectivity index (χ0v) is 9.81. The van der Waals surface area contributed by atoms with Gasteiger partial charge in [-0.05, 0) is 25.7 Å².